The Labute approximate surface area is 127 Å². The summed E-state index contributed by atoms with van der Waals surface area (Å²) in [6.07, 6.45) is 2.25. The van der Waals surface area contributed by atoms with Crippen molar-refractivity contribution in [2.75, 3.05) is 19.8 Å². The quantitative estimate of drug-likeness (QED) is 0.820. The standard InChI is InChI=1S/C15H20BrF2NO/c1-2-19-14(10-5-7-20-8-6-10)9-11-13(17)4-3-12(16)15(11)18/h3-4,10,14,19H,2,5-9H2,1H3. The predicted molar refractivity (Wildman–Crippen MR) is 78.8 cm³/mol. The SMILES string of the molecule is CCNC(Cc1c(F)ccc(Br)c1F)C1CCOCC1. The van der Waals surface area contributed by atoms with Gasteiger partial charge in [0, 0.05) is 24.8 Å². The Morgan fingerprint density at radius 2 is 2.05 bits per heavy atom. The zero-order valence-electron chi connectivity index (χ0n) is 11.6. The van der Waals surface area contributed by atoms with Crippen molar-refractivity contribution in [2.45, 2.75) is 32.2 Å². The van der Waals surface area contributed by atoms with Crippen molar-refractivity contribution < 1.29 is 13.5 Å². The molecule has 1 aliphatic heterocycles. The van der Waals surface area contributed by atoms with E-state index in [4.69, 9.17) is 4.74 Å². The van der Waals surface area contributed by atoms with Crippen molar-refractivity contribution in [1.82, 2.24) is 5.32 Å². The maximum absolute atomic E-state index is 14.1. The average Bonchev–Trinajstić information content (AvgIpc) is 2.47. The Kier molecular flexibility index (Phi) is 5.93. The molecule has 1 fully saturated rings. The summed E-state index contributed by atoms with van der Waals surface area (Å²) in [5.74, 6) is -0.554. The lowest BCUT2D eigenvalue weighted by Gasteiger charge is -2.31. The average molecular weight is 348 g/mol. The largest absolute Gasteiger partial charge is 0.381 e. The van der Waals surface area contributed by atoms with Gasteiger partial charge in [-0.3, -0.25) is 0 Å². The minimum atomic E-state index is -0.486. The van der Waals surface area contributed by atoms with Gasteiger partial charge in [-0.05, 0) is 59.8 Å². The third-order valence-electron chi connectivity index (χ3n) is 3.86. The molecule has 0 bridgehead atoms. The third-order valence-corrected chi connectivity index (χ3v) is 4.48. The number of likely N-dealkylation sites (N-methyl/N-ethyl adjacent to an activating group) is 1. The van der Waals surface area contributed by atoms with Crippen LogP contribution >= 0.6 is 15.9 Å². The first kappa shape index (κ1) is 15.9. The van der Waals surface area contributed by atoms with Crippen LogP contribution in [0.3, 0.4) is 0 Å². The maximum atomic E-state index is 14.1. The predicted octanol–water partition coefficient (Wildman–Crippen LogP) is 3.67. The summed E-state index contributed by atoms with van der Waals surface area (Å²) in [7, 11) is 0. The highest BCUT2D eigenvalue weighted by atomic mass is 79.9. The third kappa shape index (κ3) is 3.77. The first-order valence-electron chi connectivity index (χ1n) is 7.07. The molecule has 1 unspecified atom stereocenters. The molecule has 20 heavy (non-hydrogen) atoms. The van der Waals surface area contributed by atoms with E-state index in [1.54, 1.807) is 0 Å². The minimum absolute atomic E-state index is 0.0854. The Morgan fingerprint density at radius 1 is 1.35 bits per heavy atom. The van der Waals surface area contributed by atoms with Crippen LogP contribution in [0.1, 0.15) is 25.3 Å². The van der Waals surface area contributed by atoms with Gasteiger partial charge in [0.1, 0.15) is 11.6 Å². The molecule has 0 aliphatic carbocycles. The van der Waals surface area contributed by atoms with Crippen LogP contribution in [0.5, 0.6) is 0 Å². The summed E-state index contributed by atoms with van der Waals surface area (Å²) < 4.78 is 33.7. The molecule has 112 valence electrons. The van der Waals surface area contributed by atoms with E-state index < -0.39 is 11.6 Å². The highest BCUT2D eigenvalue weighted by Crippen LogP contribution is 2.26. The molecule has 1 N–H and O–H groups in total. The fraction of sp³-hybridized carbons (Fsp3) is 0.600. The molecule has 1 atom stereocenters. The number of ether oxygens (including phenoxy) is 1. The molecular weight excluding hydrogens is 328 g/mol. The van der Waals surface area contributed by atoms with Crippen LogP contribution in [0, 0.1) is 17.6 Å². The van der Waals surface area contributed by atoms with E-state index in [9.17, 15) is 8.78 Å². The van der Waals surface area contributed by atoms with Gasteiger partial charge < -0.3 is 10.1 Å². The van der Waals surface area contributed by atoms with Crippen molar-refractivity contribution in [3.63, 3.8) is 0 Å². The van der Waals surface area contributed by atoms with Crippen molar-refractivity contribution in [3.05, 3.63) is 33.8 Å². The number of hydrogen-bond acceptors (Lipinski definition) is 2. The van der Waals surface area contributed by atoms with Crippen molar-refractivity contribution in [2.24, 2.45) is 5.92 Å². The molecule has 0 saturated carbocycles. The molecule has 1 aliphatic rings. The van der Waals surface area contributed by atoms with Gasteiger partial charge in [0.05, 0.1) is 4.47 Å². The molecule has 5 heteroatoms. The Morgan fingerprint density at radius 3 is 2.70 bits per heavy atom. The van der Waals surface area contributed by atoms with Gasteiger partial charge >= 0.3 is 0 Å². The summed E-state index contributed by atoms with van der Waals surface area (Å²) in [5.41, 5.74) is 0.164. The second-order valence-electron chi connectivity index (χ2n) is 5.14. The van der Waals surface area contributed by atoms with E-state index in [2.05, 4.69) is 21.2 Å². The van der Waals surface area contributed by atoms with E-state index >= 15 is 0 Å². The van der Waals surface area contributed by atoms with Crippen LogP contribution in [0.4, 0.5) is 8.78 Å². The molecule has 0 amide bonds. The molecule has 2 nitrogen and oxygen atoms in total. The second-order valence-corrected chi connectivity index (χ2v) is 5.99. The van der Waals surface area contributed by atoms with E-state index in [1.807, 2.05) is 6.92 Å². The van der Waals surface area contributed by atoms with Gasteiger partial charge in [-0.2, -0.15) is 0 Å². The first-order chi connectivity index (χ1) is 9.63. The Bertz CT molecular complexity index is 450. The lowest BCUT2D eigenvalue weighted by Crippen LogP contribution is -2.41. The summed E-state index contributed by atoms with van der Waals surface area (Å²) in [6, 6.07) is 2.81. The molecule has 0 radical (unpaired) electrons. The number of hydrogen-bond donors (Lipinski definition) is 1. The number of benzene rings is 1. The summed E-state index contributed by atoms with van der Waals surface area (Å²) in [6.45, 7) is 4.27. The fourth-order valence-electron chi connectivity index (χ4n) is 2.76. The molecule has 1 saturated heterocycles. The van der Waals surface area contributed by atoms with Crippen LogP contribution in [0.15, 0.2) is 16.6 Å². The monoisotopic (exact) mass is 347 g/mol. The fourth-order valence-corrected chi connectivity index (χ4v) is 3.13. The highest BCUT2D eigenvalue weighted by molar-refractivity contribution is 9.10. The molecule has 1 aromatic carbocycles. The zero-order chi connectivity index (χ0) is 14.5. The normalized spacial score (nSPS) is 18.2. The summed E-state index contributed by atoms with van der Waals surface area (Å²) in [5, 5.41) is 3.37. The Balaban J connectivity index is 2.17. The van der Waals surface area contributed by atoms with E-state index in [0.717, 1.165) is 32.6 Å². The zero-order valence-corrected chi connectivity index (χ0v) is 13.2. The van der Waals surface area contributed by atoms with Gasteiger partial charge in [-0.1, -0.05) is 6.92 Å². The number of nitrogens with one attached hydrogen (secondary N) is 1. The van der Waals surface area contributed by atoms with Crippen LogP contribution in [0.2, 0.25) is 0 Å². The van der Waals surface area contributed by atoms with Gasteiger partial charge in [-0.15, -0.1) is 0 Å². The first-order valence-corrected chi connectivity index (χ1v) is 7.86. The molecule has 1 aromatic rings. The molecule has 0 aromatic heterocycles. The molecule has 0 spiro atoms. The highest BCUT2D eigenvalue weighted by Gasteiger charge is 2.26. The number of halogens is 3. The van der Waals surface area contributed by atoms with Gasteiger partial charge in [0.25, 0.3) is 0 Å². The van der Waals surface area contributed by atoms with E-state index in [-0.39, 0.29) is 11.6 Å². The summed E-state index contributed by atoms with van der Waals surface area (Å²) >= 11 is 3.12. The van der Waals surface area contributed by atoms with E-state index in [0.29, 0.717) is 16.8 Å². The van der Waals surface area contributed by atoms with Gasteiger partial charge in [0.2, 0.25) is 0 Å². The molecule has 2 rings (SSSR count). The van der Waals surface area contributed by atoms with Gasteiger partial charge in [-0.25, -0.2) is 8.78 Å². The topological polar surface area (TPSA) is 21.3 Å². The van der Waals surface area contributed by atoms with E-state index in [1.165, 1.54) is 12.1 Å². The van der Waals surface area contributed by atoms with Crippen molar-refractivity contribution in [3.8, 4) is 0 Å². The number of rotatable bonds is 5. The summed E-state index contributed by atoms with van der Waals surface area (Å²) in [4.78, 5) is 0. The lowest BCUT2D eigenvalue weighted by molar-refractivity contribution is 0.0537. The molecular formula is C15H20BrF2NO. The van der Waals surface area contributed by atoms with Crippen LogP contribution in [-0.4, -0.2) is 25.8 Å². The maximum Gasteiger partial charge on any atom is 0.143 e. The smallest absolute Gasteiger partial charge is 0.143 e. The van der Waals surface area contributed by atoms with Crippen LogP contribution in [-0.2, 0) is 11.2 Å². The minimum Gasteiger partial charge on any atom is -0.381 e. The lowest BCUT2D eigenvalue weighted by atomic mass is 9.87. The van der Waals surface area contributed by atoms with Crippen LogP contribution < -0.4 is 5.32 Å². The van der Waals surface area contributed by atoms with Gasteiger partial charge in [0.15, 0.2) is 0 Å². The Hall–Kier alpha value is -0.520. The molecule has 1 heterocycles. The van der Waals surface area contributed by atoms with Crippen molar-refractivity contribution >= 4 is 15.9 Å². The van der Waals surface area contributed by atoms with Crippen LogP contribution in [0.25, 0.3) is 0 Å². The van der Waals surface area contributed by atoms with Crippen molar-refractivity contribution in [1.29, 1.82) is 0 Å². The second kappa shape index (κ2) is 7.48.